The maximum Gasteiger partial charge on any atom is 0.303 e. The van der Waals surface area contributed by atoms with E-state index in [2.05, 4.69) is 0 Å². The van der Waals surface area contributed by atoms with Gasteiger partial charge in [0, 0.05) is 67.5 Å². The molecule has 2 amide bonds. The molecule has 254 valence electrons. The van der Waals surface area contributed by atoms with E-state index in [4.69, 9.17) is 26.2 Å². The number of methoxy groups -OCH3 is 1. The molecular formula is C35H49ClN2O8. The molecule has 2 aromatic carbocycles. The van der Waals surface area contributed by atoms with Gasteiger partial charge in [0.25, 0.3) is 0 Å². The van der Waals surface area contributed by atoms with Crippen LogP contribution in [0.15, 0.2) is 36.4 Å². The summed E-state index contributed by atoms with van der Waals surface area (Å²) in [5, 5.41) is 31.5. The zero-order valence-corrected chi connectivity index (χ0v) is 28.6. The molecule has 0 spiro atoms. The van der Waals surface area contributed by atoms with Crippen molar-refractivity contribution in [1.82, 2.24) is 4.90 Å². The highest BCUT2D eigenvalue weighted by molar-refractivity contribution is 6.31. The van der Waals surface area contributed by atoms with Crippen LogP contribution in [0.5, 0.6) is 11.5 Å². The number of hydrogen-bond donors (Lipinski definition) is 3. The van der Waals surface area contributed by atoms with E-state index in [1.807, 2.05) is 20.8 Å². The lowest BCUT2D eigenvalue weighted by molar-refractivity contribution is -0.139. The number of nitrogens with zero attached hydrogens (tertiary/aromatic N) is 2. The van der Waals surface area contributed by atoms with Crippen LogP contribution in [0.4, 0.5) is 5.69 Å². The summed E-state index contributed by atoms with van der Waals surface area (Å²) in [6.07, 6.45) is 0.271. The van der Waals surface area contributed by atoms with Gasteiger partial charge in [0.15, 0.2) is 0 Å². The first-order valence-electron chi connectivity index (χ1n) is 15.8. The molecule has 1 saturated heterocycles. The lowest BCUT2D eigenvalue weighted by atomic mass is 9.93. The van der Waals surface area contributed by atoms with Gasteiger partial charge in [0.05, 0.1) is 25.0 Å². The van der Waals surface area contributed by atoms with Crippen molar-refractivity contribution in [3.05, 3.63) is 52.5 Å². The van der Waals surface area contributed by atoms with Gasteiger partial charge in [0.2, 0.25) is 11.8 Å². The number of hydrogen-bond acceptors (Lipinski definition) is 7. The zero-order chi connectivity index (χ0) is 34.2. The van der Waals surface area contributed by atoms with E-state index in [-0.39, 0.29) is 66.3 Å². The summed E-state index contributed by atoms with van der Waals surface area (Å²) in [7, 11) is 1.51. The highest BCUT2D eigenvalue weighted by Gasteiger charge is 2.32. The SMILES string of the molecule is COc1ccccc1[C@@H](O)c1cc(Cl)cc(OCCC(C)(C)O)c1N(CC(C)(C)C)C(=O)CCC(=O)N1CCC(CC(=O)O)CC1. The molecular weight excluding hydrogens is 612 g/mol. The molecule has 1 aliphatic heterocycles. The smallest absolute Gasteiger partial charge is 0.303 e. The summed E-state index contributed by atoms with van der Waals surface area (Å²) < 4.78 is 11.7. The second-order valence-electron chi connectivity index (χ2n) is 13.9. The normalized spacial score (nSPS) is 14.9. The Hall–Kier alpha value is -3.34. The average Bonchev–Trinajstić information content (AvgIpc) is 2.97. The van der Waals surface area contributed by atoms with E-state index >= 15 is 0 Å². The molecule has 0 bridgehead atoms. The number of aliphatic carboxylic acids is 1. The number of piperidine rings is 1. The van der Waals surface area contributed by atoms with Crippen LogP contribution in [0.1, 0.15) is 90.4 Å². The predicted octanol–water partition coefficient (Wildman–Crippen LogP) is 5.84. The van der Waals surface area contributed by atoms with Gasteiger partial charge in [-0.2, -0.15) is 0 Å². The molecule has 46 heavy (non-hydrogen) atoms. The Kier molecular flexibility index (Phi) is 12.9. The Morgan fingerprint density at radius 1 is 1.02 bits per heavy atom. The van der Waals surface area contributed by atoms with Crippen molar-refractivity contribution in [1.29, 1.82) is 0 Å². The molecule has 2 aromatic rings. The predicted molar refractivity (Wildman–Crippen MR) is 178 cm³/mol. The molecule has 0 aromatic heterocycles. The summed E-state index contributed by atoms with van der Waals surface area (Å²) in [4.78, 5) is 41.7. The molecule has 11 heteroatoms. The molecule has 3 rings (SSSR count). The quantitative estimate of drug-likeness (QED) is 0.230. The van der Waals surface area contributed by atoms with Gasteiger partial charge in [-0.1, -0.05) is 50.6 Å². The summed E-state index contributed by atoms with van der Waals surface area (Å²) in [5.41, 5.74) is -0.245. The highest BCUT2D eigenvalue weighted by atomic mass is 35.5. The van der Waals surface area contributed by atoms with Crippen molar-refractivity contribution in [2.45, 2.75) is 84.8 Å². The monoisotopic (exact) mass is 660 g/mol. The van der Waals surface area contributed by atoms with Crippen molar-refractivity contribution < 1.29 is 39.2 Å². The highest BCUT2D eigenvalue weighted by Crippen LogP contribution is 2.44. The van der Waals surface area contributed by atoms with E-state index in [9.17, 15) is 24.6 Å². The fourth-order valence-corrected chi connectivity index (χ4v) is 5.80. The number of rotatable bonds is 14. The molecule has 10 nitrogen and oxygen atoms in total. The number of para-hydroxylation sites is 1. The molecule has 1 atom stereocenters. The molecule has 1 aliphatic rings. The maximum atomic E-state index is 14.1. The molecule has 0 aliphatic carbocycles. The minimum absolute atomic E-state index is 0.0179. The Bertz CT molecular complexity index is 1360. The van der Waals surface area contributed by atoms with Crippen LogP contribution in [0.2, 0.25) is 5.02 Å². The zero-order valence-electron chi connectivity index (χ0n) is 27.8. The standard InChI is InChI=1S/C35H49ClN2O8/c1-34(2,3)22-38(30(40)12-11-29(39)37-16-13-23(14-17-37)19-31(41)42)32-26(33(43)25-9-7-8-10-27(25)45-6)20-24(36)21-28(32)46-18-15-35(4,5)44/h7-10,20-21,23,33,43-44H,11-19,22H2,1-6H3,(H,41,42)/t33-/m1/s1. The molecule has 1 fully saturated rings. The fraction of sp³-hybridized carbons (Fsp3) is 0.571. The first-order valence-corrected chi connectivity index (χ1v) is 16.2. The average molecular weight is 661 g/mol. The third-order valence-electron chi connectivity index (χ3n) is 7.96. The summed E-state index contributed by atoms with van der Waals surface area (Å²) >= 11 is 6.58. The summed E-state index contributed by atoms with van der Waals surface area (Å²) in [6.45, 7) is 10.6. The third kappa shape index (κ3) is 10.9. The summed E-state index contributed by atoms with van der Waals surface area (Å²) in [5.74, 6) is -0.563. The van der Waals surface area contributed by atoms with Crippen LogP contribution in [0.25, 0.3) is 0 Å². The van der Waals surface area contributed by atoms with Crippen molar-refractivity contribution in [2.24, 2.45) is 11.3 Å². The largest absolute Gasteiger partial charge is 0.496 e. The molecule has 1 heterocycles. The second kappa shape index (κ2) is 16.0. The fourth-order valence-electron chi connectivity index (χ4n) is 5.58. The van der Waals surface area contributed by atoms with E-state index < -0.39 is 17.7 Å². The van der Waals surface area contributed by atoms with Crippen LogP contribution in [-0.4, -0.2) is 77.0 Å². The van der Waals surface area contributed by atoms with E-state index in [0.29, 0.717) is 54.9 Å². The van der Waals surface area contributed by atoms with Crippen molar-refractivity contribution >= 4 is 35.1 Å². The number of halogens is 1. The van der Waals surface area contributed by atoms with Gasteiger partial charge in [-0.25, -0.2) is 0 Å². The lowest BCUT2D eigenvalue weighted by Crippen LogP contribution is -2.41. The van der Waals surface area contributed by atoms with E-state index in [1.54, 1.807) is 60.0 Å². The van der Waals surface area contributed by atoms with E-state index in [0.717, 1.165) is 0 Å². The number of carbonyl (C=O) groups excluding carboxylic acids is 2. The van der Waals surface area contributed by atoms with Crippen molar-refractivity contribution in [3.8, 4) is 11.5 Å². The van der Waals surface area contributed by atoms with Gasteiger partial charge in [0.1, 0.15) is 17.6 Å². The number of carboxylic acid groups (broad SMARTS) is 1. The first kappa shape index (κ1) is 37.1. The summed E-state index contributed by atoms with van der Waals surface area (Å²) in [6, 6.07) is 10.2. The Labute approximate surface area is 277 Å². The molecule has 3 N–H and O–H groups in total. The number of ether oxygens (including phenoxy) is 2. The number of amides is 2. The third-order valence-corrected chi connectivity index (χ3v) is 8.17. The van der Waals surface area contributed by atoms with Gasteiger partial charge in [-0.3, -0.25) is 14.4 Å². The van der Waals surface area contributed by atoms with Crippen molar-refractivity contribution in [2.75, 3.05) is 38.3 Å². The minimum atomic E-state index is -1.24. The number of aliphatic hydroxyl groups is 2. The number of benzene rings is 2. The van der Waals surface area contributed by atoms with E-state index in [1.165, 1.54) is 7.11 Å². The van der Waals surface area contributed by atoms with Crippen LogP contribution >= 0.6 is 11.6 Å². The Morgan fingerprint density at radius 3 is 2.26 bits per heavy atom. The van der Waals surface area contributed by atoms with Crippen LogP contribution in [0.3, 0.4) is 0 Å². The number of likely N-dealkylation sites (tertiary alicyclic amines) is 1. The maximum absolute atomic E-state index is 14.1. The van der Waals surface area contributed by atoms with Crippen molar-refractivity contribution in [3.63, 3.8) is 0 Å². The number of carbonyl (C=O) groups is 3. The minimum Gasteiger partial charge on any atom is -0.496 e. The molecule has 0 radical (unpaired) electrons. The van der Waals surface area contributed by atoms with Gasteiger partial charge >= 0.3 is 5.97 Å². The van der Waals surface area contributed by atoms with Crippen LogP contribution in [0, 0.1) is 11.3 Å². The second-order valence-corrected chi connectivity index (χ2v) is 14.3. The molecule has 0 unspecified atom stereocenters. The van der Waals surface area contributed by atoms with Crippen LogP contribution in [-0.2, 0) is 14.4 Å². The Morgan fingerprint density at radius 2 is 1.67 bits per heavy atom. The lowest BCUT2D eigenvalue weighted by Gasteiger charge is -2.35. The number of aliphatic hydroxyl groups excluding tert-OH is 1. The Balaban J connectivity index is 1.99. The first-order chi connectivity index (χ1) is 21.5. The van der Waals surface area contributed by atoms with Gasteiger partial charge in [-0.05, 0) is 50.2 Å². The van der Waals surface area contributed by atoms with Crippen LogP contribution < -0.4 is 14.4 Å². The topological polar surface area (TPSA) is 137 Å². The number of anilines is 1. The molecule has 0 saturated carbocycles. The van der Waals surface area contributed by atoms with Gasteiger partial charge < -0.3 is 34.6 Å². The van der Waals surface area contributed by atoms with Gasteiger partial charge in [-0.15, -0.1) is 0 Å². The number of carboxylic acids is 1.